The van der Waals surface area contributed by atoms with E-state index in [1.54, 1.807) is 18.2 Å². The molecule has 27 heavy (non-hydrogen) atoms. The van der Waals surface area contributed by atoms with Crippen LogP contribution in [-0.2, 0) is 4.79 Å². The highest BCUT2D eigenvalue weighted by Crippen LogP contribution is 2.31. The molecular formula is C21H24N2O4. The molecule has 6 heteroatoms. The average Bonchev–Trinajstić information content (AvgIpc) is 2.68. The van der Waals surface area contributed by atoms with Gasteiger partial charge in [-0.3, -0.25) is 9.59 Å². The molecule has 0 aromatic heterocycles. The fourth-order valence-corrected chi connectivity index (χ4v) is 2.84. The van der Waals surface area contributed by atoms with Crippen LogP contribution in [0.25, 0.3) is 0 Å². The van der Waals surface area contributed by atoms with Gasteiger partial charge in [0.15, 0.2) is 17.3 Å². The van der Waals surface area contributed by atoms with Gasteiger partial charge < -0.3 is 19.7 Å². The average molecular weight is 368 g/mol. The fraction of sp³-hybridized carbons (Fsp3) is 0.333. The number of fused-ring (bicyclic) bond motifs is 1. The fourth-order valence-electron chi connectivity index (χ4n) is 2.84. The van der Waals surface area contributed by atoms with Crippen molar-refractivity contribution in [3.63, 3.8) is 0 Å². The molecule has 0 radical (unpaired) electrons. The van der Waals surface area contributed by atoms with E-state index in [2.05, 4.69) is 5.32 Å². The zero-order chi connectivity index (χ0) is 19.2. The molecule has 0 aliphatic carbocycles. The molecule has 1 heterocycles. The van der Waals surface area contributed by atoms with E-state index in [-0.39, 0.29) is 11.7 Å². The summed E-state index contributed by atoms with van der Waals surface area (Å²) in [6.45, 7) is 1.01. The van der Waals surface area contributed by atoms with Crippen molar-refractivity contribution in [2.75, 3.05) is 37.5 Å². The van der Waals surface area contributed by atoms with Gasteiger partial charge in [-0.05, 0) is 48.9 Å². The molecule has 0 bridgehead atoms. The highest BCUT2D eigenvalue weighted by atomic mass is 16.6. The molecule has 0 spiro atoms. The second kappa shape index (κ2) is 8.58. The number of amides is 1. The van der Waals surface area contributed by atoms with Gasteiger partial charge in [-0.15, -0.1) is 0 Å². The molecular weight excluding hydrogens is 344 g/mol. The molecule has 2 aromatic rings. The van der Waals surface area contributed by atoms with Crippen LogP contribution in [0.1, 0.15) is 29.6 Å². The first kappa shape index (κ1) is 18.8. The molecule has 6 nitrogen and oxygen atoms in total. The largest absolute Gasteiger partial charge is 0.486 e. The molecule has 0 atom stereocenters. The van der Waals surface area contributed by atoms with Gasteiger partial charge in [0, 0.05) is 43.9 Å². The lowest BCUT2D eigenvalue weighted by atomic mass is 10.0. The Hall–Kier alpha value is -3.02. The third-order valence-electron chi connectivity index (χ3n) is 4.34. The Bertz CT molecular complexity index is 815. The normalized spacial score (nSPS) is 12.4. The highest BCUT2D eigenvalue weighted by Gasteiger charge is 2.15. The van der Waals surface area contributed by atoms with E-state index in [1.165, 1.54) is 0 Å². The summed E-state index contributed by atoms with van der Waals surface area (Å²) in [5, 5.41) is 2.86. The Labute approximate surface area is 159 Å². The van der Waals surface area contributed by atoms with Crippen molar-refractivity contribution in [1.82, 2.24) is 0 Å². The first-order valence-corrected chi connectivity index (χ1v) is 9.03. The maximum atomic E-state index is 12.3. The Morgan fingerprint density at radius 2 is 1.67 bits per heavy atom. The molecule has 0 saturated heterocycles. The van der Waals surface area contributed by atoms with E-state index in [9.17, 15) is 9.59 Å². The summed E-state index contributed by atoms with van der Waals surface area (Å²) in [7, 11) is 3.93. The monoisotopic (exact) mass is 368 g/mol. The number of benzene rings is 2. The number of Topliss-reactive ketones (excluding diaryl/α,β-unsaturated/α-hetero) is 1. The quantitative estimate of drug-likeness (QED) is 0.758. The maximum absolute atomic E-state index is 12.3. The number of ether oxygens (including phenoxy) is 2. The van der Waals surface area contributed by atoms with Crippen molar-refractivity contribution in [2.24, 2.45) is 0 Å². The number of hydrogen-bond donors (Lipinski definition) is 1. The summed E-state index contributed by atoms with van der Waals surface area (Å²) in [5.41, 5.74) is 2.40. The van der Waals surface area contributed by atoms with E-state index in [4.69, 9.17) is 9.47 Å². The van der Waals surface area contributed by atoms with Crippen LogP contribution in [0.4, 0.5) is 11.4 Å². The summed E-state index contributed by atoms with van der Waals surface area (Å²) >= 11 is 0. The van der Waals surface area contributed by atoms with Gasteiger partial charge in [0.1, 0.15) is 13.2 Å². The first-order chi connectivity index (χ1) is 13.0. The van der Waals surface area contributed by atoms with Crippen molar-refractivity contribution in [3.8, 4) is 11.5 Å². The van der Waals surface area contributed by atoms with Gasteiger partial charge in [0.2, 0.25) is 5.91 Å². The second-order valence-corrected chi connectivity index (χ2v) is 6.62. The SMILES string of the molecule is CN(C)c1ccc(NC(=O)CCCC(=O)c2ccc3c(c2)OCCO3)cc1. The van der Waals surface area contributed by atoms with Crippen LogP contribution in [0, 0.1) is 0 Å². The van der Waals surface area contributed by atoms with Crippen LogP contribution >= 0.6 is 0 Å². The Balaban J connectivity index is 1.46. The minimum Gasteiger partial charge on any atom is -0.486 e. The molecule has 0 unspecified atom stereocenters. The molecule has 0 saturated carbocycles. The molecule has 142 valence electrons. The van der Waals surface area contributed by atoms with Gasteiger partial charge in [0.05, 0.1) is 0 Å². The van der Waals surface area contributed by atoms with Crippen LogP contribution in [0.5, 0.6) is 11.5 Å². The third-order valence-corrected chi connectivity index (χ3v) is 4.34. The van der Waals surface area contributed by atoms with Crippen molar-refractivity contribution in [3.05, 3.63) is 48.0 Å². The topological polar surface area (TPSA) is 67.9 Å². The Morgan fingerprint density at radius 3 is 2.37 bits per heavy atom. The van der Waals surface area contributed by atoms with Crippen LogP contribution in [0.2, 0.25) is 0 Å². The minimum absolute atomic E-state index is 0.00453. The van der Waals surface area contributed by atoms with E-state index >= 15 is 0 Å². The van der Waals surface area contributed by atoms with E-state index in [0.29, 0.717) is 49.5 Å². The predicted octanol–water partition coefficient (Wildman–Crippen LogP) is 3.52. The number of rotatable bonds is 7. The lowest BCUT2D eigenvalue weighted by molar-refractivity contribution is -0.116. The van der Waals surface area contributed by atoms with Crippen LogP contribution in [-0.4, -0.2) is 39.0 Å². The van der Waals surface area contributed by atoms with Crippen molar-refractivity contribution >= 4 is 23.1 Å². The Morgan fingerprint density at radius 1 is 0.963 bits per heavy atom. The van der Waals surface area contributed by atoms with Crippen LogP contribution in [0.3, 0.4) is 0 Å². The van der Waals surface area contributed by atoms with Gasteiger partial charge in [-0.25, -0.2) is 0 Å². The molecule has 3 rings (SSSR count). The number of anilines is 2. The zero-order valence-corrected chi connectivity index (χ0v) is 15.7. The number of carbonyl (C=O) groups excluding carboxylic acids is 2. The van der Waals surface area contributed by atoms with Crippen LogP contribution < -0.4 is 19.7 Å². The third kappa shape index (κ3) is 5.00. The van der Waals surface area contributed by atoms with E-state index in [1.807, 2.05) is 43.3 Å². The summed E-state index contributed by atoms with van der Waals surface area (Å²) in [4.78, 5) is 26.4. The van der Waals surface area contributed by atoms with Gasteiger partial charge >= 0.3 is 0 Å². The van der Waals surface area contributed by atoms with E-state index in [0.717, 1.165) is 11.4 Å². The predicted molar refractivity (Wildman–Crippen MR) is 105 cm³/mol. The maximum Gasteiger partial charge on any atom is 0.224 e. The standard InChI is InChI=1S/C21H24N2O4/c1-23(2)17-9-7-16(8-10-17)22-21(25)5-3-4-18(24)15-6-11-19-20(14-15)27-13-12-26-19/h6-11,14H,3-5,12-13H2,1-2H3,(H,22,25). The number of nitrogens with zero attached hydrogens (tertiary/aromatic N) is 1. The second-order valence-electron chi connectivity index (χ2n) is 6.62. The first-order valence-electron chi connectivity index (χ1n) is 9.03. The summed E-state index contributed by atoms with van der Waals surface area (Å²) in [6.07, 6.45) is 1.10. The van der Waals surface area contributed by atoms with Crippen molar-refractivity contribution in [1.29, 1.82) is 0 Å². The molecule has 2 aromatic carbocycles. The number of hydrogen-bond acceptors (Lipinski definition) is 5. The summed E-state index contributed by atoms with van der Waals surface area (Å²) < 4.78 is 11.0. The molecule has 0 fully saturated rings. The van der Waals surface area contributed by atoms with E-state index < -0.39 is 0 Å². The number of carbonyl (C=O) groups is 2. The van der Waals surface area contributed by atoms with Gasteiger partial charge in [-0.1, -0.05) is 0 Å². The zero-order valence-electron chi connectivity index (χ0n) is 15.7. The van der Waals surface area contributed by atoms with Gasteiger partial charge in [0.25, 0.3) is 0 Å². The van der Waals surface area contributed by atoms with Crippen molar-refractivity contribution < 1.29 is 19.1 Å². The lowest BCUT2D eigenvalue weighted by Gasteiger charge is -2.18. The summed E-state index contributed by atoms with van der Waals surface area (Å²) in [5.74, 6) is 1.17. The number of nitrogens with one attached hydrogen (secondary N) is 1. The van der Waals surface area contributed by atoms with Gasteiger partial charge in [-0.2, -0.15) is 0 Å². The Kier molecular flexibility index (Phi) is 5.96. The highest BCUT2D eigenvalue weighted by molar-refractivity contribution is 5.97. The van der Waals surface area contributed by atoms with Crippen LogP contribution in [0.15, 0.2) is 42.5 Å². The molecule has 1 aliphatic heterocycles. The minimum atomic E-state index is -0.0948. The molecule has 1 N–H and O–H groups in total. The number of ketones is 1. The smallest absolute Gasteiger partial charge is 0.224 e. The molecule has 1 amide bonds. The lowest BCUT2D eigenvalue weighted by Crippen LogP contribution is -2.16. The summed E-state index contributed by atoms with van der Waals surface area (Å²) in [6, 6.07) is 12.8. The molecule has 1 aliphatic rings. The van der Waals surface area contributed by atoms with Crippen molar-refractivity contribution in [2.45, 2.75) is 19.3 Å².